The Labute approximate surface area is 76.5 Å². The summed E-state index contributed by atoms with van der Waals surface area (Å²) < 4.78 is 0. The zero-order valence-corrected chi connectivity index (χ0v) is 7.37. The number of para-hydroxylation sites is 1. The Hall–Kier alpha value is -1.55. The van der Waals surface area contributed by atoms with Gasteiger partial charge in [0.25, 0.3) is 0 Å². The number of rotatable bonds is 1. The zero-order chi connectivity index (χ0) is 9.26. The molecule has 1 aliphatic rings. The highest BCUT2D eigenvalue weighted by atomic mass is 16.2. The third kappa shape index (κ3) is 1.25. The van der Waals surface area contributed by atoms with Crippen LogP contribution in [0.25, 0.3) is 0 Å². The molecule has 68 valence electrons. The molecule has 1 aromatic rings. The van der Waals surface area contributed by atoms with Crippen LogP contribution in [0.4, 0.5) is 10.5 Å². The number of hydrogen-bond donors (Lipinski definition) is 2. The molecule has 2 amide bonds. The summed E-state index contributed by atoms with van der Waals surface area (Å²) in [5.41, 5.74) is 4.88. The van der Waals surface area contributed by atoms with Crippen LogP contribution in [0.5, 0.6) is 0 Å². The van der Waals surface area contributed by atoms with E-state index in [1.165, 1.54) is 5.01 Å². The predicted octanol–water partition coefficient (Wildman–Crippen LogP) is 0.851. The number of carbonyl (C=O) groups excluding carboxylic acids is 1. The maximum Gasteiger partial charge on any atom is 0.336 e. The van der Waals surface area contributed by atoms with Gasteiger partial charge in [0.2, 0.25) is 0 Å². The van der Waals surface area contributed by atoms with Crippen molar-refractivity contribution in [3.05, 3.63) is 29.8 Å². The highest BCUT2D eigenvalue weighted by Gasteiger charge is 2.21. The first-order chi connectivity index (χ1) is 6.33. The molecule has 13 heavy (non-hydrogen) atoms. The number of anilines is 1. The fourth-order valence-electron chi connectivity index (χ4n) is 1.46. The number of urea groups is 1. The molecular weight excluding hydrogens is 166 g/mol. The third-order valence-corrected chi connectivity index (χ3v) is 2.09. The topological polar surface area (TPSA) is 44.4 Å². The molecule has 2 N–H and O–H groups in total. The fraction of sp³-hybridized carbons (Fsp3) is 0.222. The number of carbonyl (C=O) groups is 1. The van der Waals surface area contributed by atoms with Crippen molar-refractivity contribution in [1.82, 2.24) is 10.7 Å². The van der Waals surface area contributed by atoms with E-state index in [1.54, 1.807) is 7.05 Å². The Morgan fingerprint density at radius 1 is 1.46 bits per heavy atom. The molecule has 0 saturated carbocycles. The standard InChI is InChI=1S/C9H11N3O/c1-10-12-8-5-3-2-4-7(8)6-11-9(12)13/h2-5,10H,6H2,1H3,(H,11,13). The molecule has 1 aromatic carbocycles. The molecule has 1 heterocycles. The van der Waals surface area contributed by atoms with Crippen LogP contribution in [-0.2, 0) is 6.54 Å². The van der Waals surface area contributed by atoms with Crippen LogP contribution in [0.3, 0.4) is 0 Å². The van der Waals surface area contributed by atoms with Gasteiger partial charge in [-0.15, -0.1) is 0 Å². The molecule has 2 rings (SSSR count). The fourth-order valence-corrected chi connectivity index (χ4v) is 1.46. The molecule has 4 heteroatoms. The highest BCUT2D eigenvalue weighted by molar-refractivity contribution is 5.93. The smallest absolute Gasteiger partial charge is 0.332 e. The Morgan fingerprint density at radius 2 is 2.23 bits per heavy atom. The maximum atomic E-state index is 11.3. The molecule has 4 nitrogen and oxygen atoms in total. The van der Waals surface area contributed by atoms with Crippen molar-refractivity contribution in [2.75, 3.05) is 12.1 Å². The van der Waals surface area contributed by atoms with Crippen LogP contribution in [-0.4, -0.2) is 13.1 Å². The second-order valence-corrected chi connectivity index (χ2v) is 2.85. The van der Waals surface area contributed by atoms with Gasteiger partial charge in [-0.05, 0) is 11.6 Å². The van der Waals surface area contributed by atoms with Crippen LogP contribution in [0.1, 0.15) is 5.56 Å². The first kappa shape index (κ1) is 8.07. The number of hydrogen-bond acceptors (Lipinski definition) is 2. The molecule has 0 spiro atoms. The number of nitrogens with one attached hydrogen (secondary N) is 2. The average Bonchev–Trinajstić information content (AvgIpc) is 2.18. The molecule has 1 aliphatic heterocycles. The molecule has 0 atom stereocenters. The van der Waals surface area contributed by atoms with E-state index in [-0.39, 0.29) is 6.03 Å². The van der Waals surface area contributed by atoms with Crippen LogP contribution < -0.4 is 15.8 Å². The van der Waals surface area contributed by atoms with E-state index in [2.05, 4.69) is 10.7 Å². The van der Waals surface area contributed by atoms with Crippen LogP contribution in [0, 0.1) is 0 Å². The summed E-state index contributed by atoms with van der Waals surface area (Å²) in [6.07, 6.45) is 0. The van der Waals surface area contributed by atoms with Crippen LogP contribution >= 0.6 is 0 Å². The largest absolute Gasteiger partial charge is 0.336 e. The minimum absolute atomic E-state index is 0.110. The minimum Gasteiger partial charge on any atom is -0.332 e. The van der Waals surface area contributed by atoms with Gasteiger partial charge in [0.05, 0.1) is 5.69 Å². The summed E-state index contributed by atoms with van der Waals surface area (Å²) in [5, 5.41) is 4.26. The van der Waals surface area contributed by atoms with E-state index in [0.29, 0.717) is 6.54 Å². The molecule has 0 bridgehead atoms. The summed E-state index contributed by atoms with van der Waals surface area (Å²) in [4.78, 5) is 11.3. The van der Waals surface area contributed by atoms with Crippen molar-refractivity contribution in [1.29, 1.82) is 0 Å². The summed E-state index contributed by atoms with van der Waals surface area (Å²) in [6.45, 7) is 0.604. The predicted molar refractivity (Wildman–Crippen MR) is 50.2 cm³/mol. The number of amides is 2. The SMILES string of the molecule is CNN1C(=O)NCc2ccccc21. The van der Waals surface area contributed by atoms with Gasteiger partial charge in [0.15, 0.2) is 0 Å². The summed E-state index contributed by atoms with van der Waals surface area (Å²) >= 11 is 0. The first-order valence-electron chi connectivity index (χ1n) is 4.16. The van der Waals surface area contributed by atoms with Crippen molar-refractivity contribution in [2.24, 2.45) is 0 Å². The lowest BCUT2D eigenvalue weighted by Crippen LogP contribution is -2.50. The van der Waals surface area contributed by atoms with Gasteiger partial charge in [-0.2, -0.15) is 0 Å². The van der Waals surface area contributed by atoms with E-state index < -0.39 is 0 Å². The lowest BCUT2D eigenvalue weighted by atomic mass is 10.1. The quantitative estimate of drug-likeness (QED) is 0.668. The van der Waals surface area contributed by atoms with Crippen molar-refractivity contribution in [3.8, 4) is 0 Å². The molecular formula is C9H11N3O. The van der Waals surface area contributed by atoms with Crippen molar-refractivity contribution >= 4 is 11.7 Å². The van der Waals surface area contributed by atoms with E-state index in [4.69, 9.17) is 0 Å². The van der Waals surface area contributed by atoms with Crippen molar-refractivity contribution in [3.63, 3.8) is 0 Å². The second kappa shape index (κ2) is 3.06. The third-order valence-electron chi connectivity index (χ3n) is 2.09. The molecule has 0 radical (unpaired) electrons. The molecule has 0 unspecified atom stereocenters. The van der Waals surface area contributed by atoms with Gasteiger partial charge < -0.3 is 5.32 Å². The van der Waals surface area contributed by atoms with Gasteiger partial charge >= 0.3 is 6.03 Å². The van der Waals surface area contributed by atoms with Gasteiger partial charge in [0, 0.05) is 13.6 Å². The normalized spacial score (nSPS) is 15.2. The molecule has 0 aromatic heterocycles. The van der Waals surface area contributed by atoms with E-state index >= 15 is 0 Å². The van der Waals surface area contributed by atoms with E-state index in [1.807, 2.05) is 24.3 Å². The monoisotopic (exact) mass is 177 g/mol. The molecule has 0 fully saturated rings. The van der Waals surface area contributed by atoms with Gasteiger partial charge in [-0.25, -0.2) is 15.2 Å². The highest BCUT2D eigenvalue weighted by Crippen LogP contribution is 2.21. The Balaban J connectivity index is 2.45. The summed E-state index contributed by atoms with van der Waals surface area (Å²) in [6, 6.07) is 7.69. The second-order valence-electron chi connectivity index (χ2n) is 2.85. The minimum atomic E-state index is -0.110. The lowest BCUT2D eigenvalue weighted by molar-refractivity contribution is 0.242. The zero-order valence-electron chi connectivity index (χ0n) is 7.37. The lowest BCUT2D eigenvalue weighted by Gasteiger charge is -2.28. The number of nitrogens with zero attached hydrogens (tertiary/aromatic N) is 1. The number of hydrazine groups is 1. The average molecular weight is 177 g/mol. The van der Waals surface area contributed by atoms with Crippen LogP contribution in [0.15, 0.2) is 24.3 Å². The Morgan fingerprint density at radius 3 is 3.00 bits per heavy atom. The maximum absolute atomic E-state index is 11.3. The first-order valence-corrected chi connectivity index (χ1v) is 4.16. The van der Waals surface area contributed by atoms with Crippen molar-refractivity contribution in [2.45, 2.75) is 6.54 Å². The summed E-state index contributed by atoms with van der Waals surface area (Å²) in [7, 11) is 1.72. The molecule has 0 saturated heterocycles. The number of benzene rings is 1. The Kier molecular flexibility index (Phi) is 1.90. The number of fused-ring (bicyclic) bond motifs is 1. The van der Waals surface area contributed by atoms with E-state index in [0.717, 1.165) is 11.3 Å². The molecule has 0 aliphatic carbocycles. The van der Waals surface area contributed by atoms with Gasteiger partial charge in [-0.3, -0.25) is 0 Å². The summed E-state index contributed by atoms with van der Waals surface area (Å²) in [5.74, 6) is 0. The van der Waals surface area contributed by atoms with E-state index in [9.17, 15) is 4.79 Å². The van der Waals surface area contributed by atoms with Crippen LogP contribution in [0.2, 0.25) is 0 Å². The van der Waals surface area contributed by atoms with Gasteiger partial charge in [-0.1, -0.05) is 18.2 Å². The Bertz CT molecular complexity index is 337. The van der Waals surface area contributed by atoms with Crippen molar-refractivity contribution < 1.29 is 4.79 Å². The van der Waals surface area contributed by atoms with Gasteiger partial charge in [0.1, 0.15) is 0 Å².